The Labute approximate surface area is 166 Å². The minimum absolute atomic E-state index is 0.584. The highest BCUT2D eigenvalue weighted by molar-refractivity contribution is 5.72. The van der Waals surface area contributed by atoms with Crippen LogP contribution in [0.15, 0.2) is 24.3 Å². The summed E-state index contributed by atoms with van der Waals surface area (Å²) in [6, 6.07) is 7.99. The van der Waals surface area contributed by atoms with Crippen LogP contribution < -0.4 is 4.74 Å². The van der Waals surface area contributed by atoms with Crippen molar-refractivity contribution in [2.24, 2.45) is 0 Å². The summed E-state index contributed by atoms with van der Waals surface area (Å²) in [6.07, 6.45) is 15.7. The second kappa shape index (κ2) is 15.5. The molecule has 1 atom stereocenters. The van der Waals surface area contributed by atoms with Crippen LogP contribution in [0.3, 0.4) is 0 Å². The highest BCUT2D eigenvalue weighted by atomic mass is 16.5. The summed E-state index contributed by atoms with van der Waals surface area (Å²) >= 11 is 0. The summed E-state index contributed by atoms with van der Waals surface area (Å²) in [7, 11) is 0. The van der Waals surface area contributed by atoms with Gasteiger partial charge in [0, 0.05) is 0 Å². The average molecular weight is 377 g/mol. The minimum atomic E-state index is -0.861. The number of aliphatic carboxylic acids is 1. The minimum Gasteiger partial charge on any atom is -0.479 e. The van der Waals surface area contributed by atoms with Crippen molar-refractivity contribution < 1.29 is 14.6 Å². The van der Waals surface area contributed by atoms with Crippen LogP contribution in [0.5, 0.6) is 5.75 Å². The quantitative estimate of drug-likeness (QED) is 0.293. The summed E-state index contributed by atoms with van der Waals surface area (Å²) in [5.41, 5.74) is 1.31. The number of rotatable bonds is 17. The number of benzene rings is 1. The van der Waals surface area contributed by atoms with Gasteiger partial charge in [0.2, 0.25) is 0 Å². The number of carbonyl (C=O) groups is 1. The summed E-state index contributed by atoms with van der Waals surface area (Å²) in [5.74, 6) is -0.195. The maximum Gasteiger partial charge on any atom is 0.344 e. The molecule has 0 bridgehead atoms. The van der Waals surface area contributed by atoms with E-state index in [4.69, 9.17) is 4.74 Å². The monoisotopic (exact) mass is 376 g/mol. The van der Waals surface area contributed by atoms with Crippen molar-refractivity contribution in [3.63, 3.8) is 0 Å². The van der Waals surface area contributed by atoms with E-state index in [1.807, 2.05) is 12.1 Å². The molecule has 1 rings (SSSR count). The molecular formula is C24H40O3. The first-order valence-corrected chi connectivity index (χ1v) is 11.2. The van der Waals surface area contributed by atoms with Crippen LogP contribution in [-0.2, 0) is 11.2 Å². The van der Waals surface area contributed by atoms with Crippen LogP contribution >= 0.6 is 0 Å². The number of carboxylic acid groups (broad SMARTS) is 1. The number of ether oxygens (including phenoxy) is 1. The number of aryl methyl sites for hydroxylation is 1. The Bertz CT molecular complexity index is 481. The fourth-order valence-electron chi connectivity index (χ4n) is 3.35. The molecule has 1 aromatic rings. The molecule has 1 N–H and O–H groups in total. The largest absolute Gasteiger partial charge is 0.479 e. The van der Waals surface area contributed by atoms with Crippen LogP contribution in [-0.4, -0.2) is 17.2 Å². The van der Waals surface area contributed by atoms with Crippen molar-refractivity contribution in [2.45, 2.75) is 110 Å². The molecule has 0 heterocycles. The standard InChI is InChI=1S/C24H40O3/c1-3-5-7-9-11-13-15-21-17-19-22(20-18-21)27-23(24(25)26)16-14-12-10-8-6-4-2/h17-20,23H,3-16H2,1-2H3,(H,25,26). The molecule has 0 amide bonds. The Balaban J connectivity index is 2.30. The molecule has 0 aliphatic carbocycles. The summed E-state index contributed by atoms with van der Waals surface area (Å²) in [5, 5.41) is 9.41. The van der Waals surface area contributed by atoms with Gasteiger partial charge in [0.15, 0.2) is 6.10 Å². The van der Waals surface area contributed by atoms with Gasteiger partial charge in [-0.15, -0.1) is 0 Å². The van der Waals surface area contributed by atoms with Gasteiger partial charge in [0.1, 0.15) is 5.75 Å². The molecule has 27 heavy (non-hydrogen) atoms. The molecule has 0 aliphatic heterocycles. The van der Waals surface area contributed by atoms with Gasteiger partial charge in [-0.25, -0.2) is 4.79 Å². The van der Waals surface area contributed by atoms with E-state index in [0.29, 0.717) is 12.2 Å². The van der Waals surface area contributed by atoms with Crippen molar-refractivity contribution in [3.8, 4) is 5.75 Å². The lowest BCUT2D eigenvalue weighted by Crippen LogP contribution is -2.26. The molecule has 0 saturated carbocycles. The molecule has 0 fully saturated rings. The van der Waals surface area contributed by atoms with Gasteiger partial charge in [-0.05, 0) is 43.4 Å². The van der Waals surface area contributed by atoms with Crippen LogP contribution in [0, 0.1) is 0 Å². The highest BCUT2D eigenvalue weighted by Gasteiger charge is 2.18. The second-order valence-corrected chi connectivity index (χ2v) is 7.66. The lowest BCUT2D eigenvalue weighted by molar-refractivity contribution is -0.145. The van der Waals surface area contributed by atoms with E-state index in [9.17, 15) is 9.90 Å². The molecule has 0 spiro atoms. The number of hydrogen-bond donors (Lipinski definition) is 1. The van der Waals surface area contributed by atoms with Gasteiger partial charge >= 0.3 is 5.97 Å². The normalized spacial score (nSPS) is 12.1. The van der Waals surface area contributed by atoms with Gasteiger partial charge in [-0.1, -0.05) is 90.2 Å². The van der Waals surface area contributed by atoms with Gasteiger partial charge in [0.25, 0.3) is 0 Å². The van der Waals surface area contributed by atoms with E-state index in [-0.39, 0.29) is 0 Å². The van der Waals surface area contributed by atoms with E-state index in [2.05, 4.69) is 26.0 Å². The third-order valence-electron chi connectivity index (χ3n) is 5.12. The van der Waals surface area contributed by atoms with Crippen LogP contribution in [0.2, 0.25) is 0 Å². The molecule has 0 aromatic heterocycles. The maximum atomic E-state index is 11.5. The Morgan fingerprint density at radius 3 is 1.89 bits per heavy atom. The van der Waals surface area contributed by atoms with Crippen molar-refractivity contribution in [3.05, 3.63) is 29.8 Å². The zero-order valence-electron chi connectivity index (χ0n) is 17.5. The van der Waals surface area contributed by atoms with E-state index < -0.39 is 12.1 Å². The molecule has 1 aromatic carbocycles. The number of hydrogen-bond acceptors (Lipinski definition) is 2. The van der Waals surface area contributed by atoms with Crippen LogP contribution in [0.4, 0.5) is 0 Å². The van der Waals surface area contributed by atoms with E-state index in [1.54, 1.807) is 0 Å². The number of carboxylic acids is 1. The highest BCUT2D eigenvalue weighted by Crippen LogP contribution is 2.19. The maximum absolute atomic E-state index is 11.5. The molecule has 1 unspecified atom stereocenters. The fraction of sp³-hybridized carbons (Fsp3) is 0.708. The molecule has 3 heteroatoms. The molecule has 0 saturated heterocycles. The molecular weight excluding hydrogens is 336 g/mol. The molecule has 0 aliphatic rings. The summed E-state index contributed by atoms with van der Waals surface area (Å²) in [6.45, 7) is 4.44. The van der Waals surface area contributed by atoms with Crippen molar-refractivity contribution in [2.75, 3.05) is 0 Å². The lowest BCUT2D eigenvalue weighted by atomic mass is 10.0. The zero-order chi connectivity index (χ0) is 19.7. The lowest BCUT2D eigenvalue weighted by Gasteiger charge is -2.15. The SMILES string of the molecule is CCCCCCCCc1ccc(OC(CCCCCCCC)C(=O)O)cc1. The Morgan fingerprint density at radius 1 is 0.815 bits per heavy atom. The zero-order valence-corrected chi connectivity index (χ0v) is 17.5. The van der Waals surface area contributed by atoms with E-state index >= 15 is 0 Å². The molecule has 0 radical (unpaired) electrons. The third-order valence-corrected chi connectivity index (χ3v) is 5.12. The number of unbranched alkanes of at least 4 members (excludes halogenated alkanes) is 10. The summed E-state index contributed by atoms with van der Waals surface area (Å²) < 4.78 is 5.73. The summed E-state index contributed by atoms with van der Waals surface area (Å²) in [4.78, 5) is 11.5. The van der Waals surface area contributed by atoms with E-state index in [1.165, 1.54) is 69.8 Å². The first kappa shape index (κ1) is 23.5. The fourth-order valence-corrected chi connectivity index (χ4v) is 3.35. The van der Waals surface area contributed by atoms with Crippen molar-refractivity contribution >= 4 is 5.97 Å². The van der Waals surface area contributed by atoms with Gasteiger partial charge in [-0.2, -0.15) is 0 Å². The predicted molar refractivity (Wildman–Crippen MR) is 114 cm³/mol. The van der Waals surface area contributed by atoms with Crippen LogP contribution in [0.25, 0.3) is 0 Å². The van der Waals surface area contributed by atoms with E-state index in [0.717, 1.165) is 19.3 Å². The first-order valence-electron chi connectivity index (χ1n) is 11.2. The first-order chi connectivity index (χ1) is 13.2. The van der Waals surface area contributed by atoms with Crippen molar-refractivity contribution in [1.29, 1.82) is 0 Å². The Kier molecular flexibility index (Phi) is 13.5. The van der Waals surface area contributed by atoms with Gasteiger partial charge < -0.3 is 9.84 Å². The Hall–Kier alpha value is -1.51. The van der Waals surface area contributed by atoms with Crippen LogP contribution in [0.1, 0.15) is 103 Å². The Morgan fingerprint density at radius 2 is 1.33 bits per heavy atom. The van der Waals surface area contributed by atoms with Gasteiger partial charge in [-0.3, -0.25) is 0 Å². The molecule has 154 valence electrons. The smallest absolute Gasteiger partial charge is 0.344 e. The predicted octanol–water partition coefficient (Wildman–Crippen LogP) is 7.17. The third kappa shape index (κ3) is 11.7. The topological polar surface area (TPSA) is 46.5 Å². The van der Waals surface area contributed by atoms with Gasteiger partial charge in [0.05, 0.1) is 0 Å². The average Bonchev–Trinajstić information content (AvgIpc) is 2.67. The van der Waals surface area contributed by atoms with Crippen molar-refractivity contribution in [1.82, 2.24) is 0 Å². The second-order valence-electron chi connectivity index (χ2n) is 7.66. The molecule has 3 nitrogen and oxygen atoms in total.